The number of hydrogen-bond donors (Lipinski definition) is 1. The van der Waals surface area contributed by atoms with Crippen LogP contribution in [0.15, 0.2) is 28.4 Å². The first-order chi connectivity index (χ1) is 7.91. The molecule has 0 aliphatic rings. The van der Waals surface area contributed by atoms with Crippen molar-refractivity contribution in [3.8, 4) is 11.4 Å². The molecule has 0 radical (unpaired) electrons. The molecule has 1 N–H and O–H groups in total. The molecule has 0 unspecified atom stereocenters. The van der Waals surface area contributed by atoms with Gasteiger partial charge in [-0.3, -0.25) is 9.36 Å². The molecule has 0 aliphatic heterocycles. The second-order valence-electron chi connectivity index (χ2n) is 3.23. The second-order valence-corrected chi connectivity index (χ2v) is 5.68. The highest BCUT2D eigenvalue weighted by molar-refractivity contribution is 8.13. The van der Waals surface area contributed by atoms with Crippen LogP contribution >= 0.6 is 10.7 Å². The number of pyridine rings is 1. The molecule has 17 heavy (non-hydrogen) atoms. The van der Waals surface area contributed by atoms with Crippen LogP contribution < -0.4 is 5.43 Å². The number of nitrogens with zero attached hydrogens (tertiary/aromatic N) is 3. The number of nitrogens with one attached hydrogen (secondary N) is 1. The van der Waals surface area contributed by atoms with Gasteiger partial charge >= 0.3 is 0 Å². The minimum atomic E-state index is -3.98. The number of H-pyrrole nitrogens is 1. The maximum atomic E-state index is 11.5. The zero-order chi connectivity index (χ0) is 12.6. The van der Waals surface area contributed by atoms with Crippen LogP contribution in [0.2, 0.25) is 0 Å². The van der Waals surface area contributed by atoms with Gasteiger partial charge in [-0.15, -0.1) is 10.2 Å². The fraction of sp³-hybridized carbons (Fsp3) is 0.125. The average Bonchev–Trinajstić information content (AvgIpc) is 2.60. The maximum Gasteiger partial charge on any atom is 0.296 e. The quantitative estimate of drug-likeness (QED) is 0.783. The largest absolute Gasteiger partial charge is 0.367 e. The van der Waals surface area contributed by atoms with Crippen LogP contribution in [0, 0.1) is 0 Å². The third-order valence-corrected chi connectivity index (χ3v) is 3.32. The van der Waals surface area contributed by atoms with Gasteiger partial charge in [0, 0.05) is 36.2 Å². The van der Waals surface area contributed by atoms with E-state index >= 15 is 0 Å². The Hall–Kier alpha value is -1.67. The molecular formula is C8H7ClN4O3S. The first-order valence-electron chi connectivity index (χ1n) is 4.43. The first kappa shape index (κ1) is 11.8. The van der Waals surface area contributed by atoms with Crippen molar-refractivity contribution < 1.29 is 8.42 Å². The molecule has 0 saturated carbocycles. The van der Waals surface area contributed by atoms with Crippen LogP contribution in [0.5, 0.6) is 0 Å². The molecule has 0 spiro atoms. The molecule has 0 saturated heterocycles. The smallest absolute Gasteiger partial charge is 0.296 e. The summed E-state index contributed by atoms with van der Waals surface area (Å²) in [6.07, 6.45) is 2.87. The summed E-state index contributed by atoms with van der Waals surface area (Å²) in [5.41, 5.74) is -0.0770. The topological polar surface area (TPSA) is 97.7 Å². The van der Waals surface area contributed by atoms with Crippen LogP contribution in [0.25, 0.3) is 11.4 Å². The number of aromatic nitrogens is 4. The van der Waals surface area contributed by atoms with Gasteiger partial charge in [0.1, 0.15) is 0 Å². The molecule has 9 heteroatoms. The van der Waals surface area contributed by atoms with Gasteiger partial charge in [-0.2, -0.15) is 0 Å². The summed E-state index contributed by atoms with van der Waals surface area (Å²) in [7, 11) is 2.60. The highest BCUT2D eigenvalue weighted by Gasteiger charge is 2.21. The highest BCUT2D eigenvalue weighted by atomic mass is 35.7. The molecule has 0 aliphatic carbocycles. The van der Waals surface area contributed by atoms with E-state index in [4.69, 9.17) is 10.7 Å². The van der Waals surface area contributed by atoms with Gasteiger partial charge in [-0.1, -0.05) is 0 Å². The predicted octanol–water partition coefficient (Wildman–Crippen LogP) is 0.0979. The molecule has 0 amide bonds. The van der Waals surface area contributed by atoms with Crippen molar-refractivity contribution in [3.63, 3.8) is 0 Å². The Labute approximate surface area is 100 Å². The summed E-state index contributed by atoms with van der Waals surface area (Å²) < 4.78 is 23.4. The Kier molecular flexibility index (Phi) is 2.76. The van der Waals surface area contributed by atoms with Gasteiger partial charge in [0.05, 0.1) is 5.56 Å². The molecule has 2 aromatic heterocycles. The van der Waals surface area contributed by atoms with Gasteiger partial charge in [0.25, 0.3) is 14.2 Å². The molecule has 0 bridgehead atoms. The van der Waals surface area contributed by atoms with E-state index in [1.807, 2.05) is 0 Å². The maximum absolute atomic E-state index is 11.5. The Morgan fingerprint density at radius 1 is 1.41 bits per heavy atom. The number of rotatable bonds is 2. The van der Waals surface area contributed by atoms with Crippen LogP contribution in [0.4, 0.5) is 0 Å². The molecule has 2 aromatic rings. The molecule has 0 aromatic carbocycles. The summed E-state index contributed by atoms with van der Waals surface area (Å²) in [4.78, 5) is 14.3. The lowest BCUT2D eigenvalue weighted by atomic mass is 10.2. The van der Waals surface area contributed by atoms with Gasteiger partial charge in [0.2, 0.25) is 0 Å². The Balaban J connectivity index is 2.69. The number of aromatic amines is 1. The van der Waals surface area contributed by atoms with Gasteiger partial charge in [-0.25, -0.2) is 8.42 Å². The third kappa shape index (κ3) is 2.08. The van der Waals surface area contributed by atoms with Gasteiger partial charge < -0.3 is 4.98 Å². The van der Waals surface area contributed by atoms with Crippen molar-refractivity contribution in [1.29, 1.82) is 0 Å². The van der Waals surface area contributed by atoms with Crippen LogP contribution in [0.1, 0.15) is 0 Å². The highest BCUT2D eigenvalue weighted by Crippen LogP contribution is 2.17. The van der Waals surface area contributed by atoms with E-state index in [9.17, 15) is 13.2 Å². The Morgan fingerprint density at radius 2 is 2.12 bits per heavy atom. The summed E-state index contributed by atoms with van der Waals surface area (Å²) in [6, 6.07) is 1.30. The van der Waals surface area contributed by atoms with Crippen LogP contribution in [-0.4, -0.2) is 28.2 Å². The van der Waals surface area contributed by atoms with E-state index < -0.39 is 14.2 Å². The lowest BCUT2D eigenvalue weighted by molar-refractivity contribution is 0.593. The first-order valence-corrected chi connectivity index (χ1v) is 6.73. The zero-order valence-electron chi connectivity index (χ0n) is 8.58. The van der Waals surface area contributed by atoms with Gasteiger partial charge in [-0.05, 0) is 0 Å². The standard InChI is InChI=1S/C8H7ClN4O3S/c1-13-7(5-4-10-3-2-6(5)14)11-12-8(13)17(9,15)16/h2-4H,1H3,(H,10,14). The van der Waals surface area contributed by atoms with Crippen molar-refractivity contribution in [1.82, 2.24) is 19.7 Å². The predicted molar refractivity (Wildman–Crippen MR) is 60.1 cm³/mol. The van der Waals surface area contributed by atoms with E-state index in [1.54, 1.807) is 0 Å². The lowest BCUT2D eigenvalue weighted by Crippen LogP contribution is -2.08. The Morgan fingerprint density at radius 3 is 2.65 bits per heavy atom. The van der Waals surface area contributed by atoms with Crippen molar-refractivity contribution in [2.24, 2.45) is 7.05 Å². The van der Waals surface area contributed by atoms with E-state index in [0.29, 0.717) is 0 Å². The SMILES string of the molecule is Cn1c(-c2c[nH]ccc2=O)nnc1S(=O)(=O)Cl. The third-order valence-electron chi connectivity index (χ3n) is 2.12. The van der Waals surface area contributed by atoms with Crippen LogP contribution in [0.3, 0.4) is 0 Å². The van der Waals surface area contributed by atoms with Gasteiger partial charge in [0.15, 0.2) is 11.3 Å². The van der Waals surface area contributed by atoms with Crippen LogP contribution in [-0.2, 0) is 16.1 Å². The molecule has 0 atom stereocenters. The van der Waals surface area contributed by atoms with E-state index in [2.05, 4.69) is 15.2 Å². The molecule has 2 heterocycles. The molecule has 7 nitrogen and oxygen atoms in total. The number of halogens is 1. The fourth-order valence-corrected chi connectivity index (χ4v) is 2.31. The Bertz CT molecular complexity index is 718. The molecule has 90 valence electrons. The molecule has 2 rings (SSSR count). The normalized spacial score (nSPS) is 11.6. The summed E-state index contributed by atoms with van der Waals surface area (Å²) in [5, 5.41) is 6.68. The lowest BCUT2D eigenvalue weighted by Gasteiger charge is -2.00. The van der Waals surface area contributed by atoms with Crippen molar-refractivity contribution in [2.75, 3.05) is 0 Å². The average molecular weight is 275 g/mol. The number of hydrogen-bond acceptors (Lipinski definition) is 5. The molecule has 0 fully saturated rings. The summed E-state index contributed by atoms with van der Waals surface area (Å²) >= 11 is 0. The van der Waals surface area contributed by atoms with E-state index in [0.717, 1.165) is 4.57 Å². The monoisotopic (exact) mass is 274 g/mol. The van der Waals surface area contributed by atoms with Crippen molar-refractivity contribution in [3.05, 3.63) is 28.7 Å². The van der Waals surface area contributed by atoms with E-state index in [-0.39, 0.29) is 16.8 Å². The summed E-state index contributed by atoms with van der Waals surface area (Å²) in [6.45, 7) is 0. The minimum absolute atomic E-state index is 0.131. The molecular weight excluding hydrogens is 268 g/mol. The minimum Gasteiger partial charge on any atom is -0.367 e. The van der Waals surface area contributed by atoms with Crippen molar-refractivity contribution >= 4 is 19.7 Å². The van der Waals surface area contributed by atoms with Crippen molar-refractivity contribution in [2.45, 2.75) is 5.16 Å². The van der Waals surface area contributed by atoms with E-state index in [1.165, 1.54) is 25.5 Å². The summed E-state index contributed by atoms with van der Waals surface area (Å²) in [5.74, 6) is 0.131. The fourth-order valence-electron chi connectivity index (χ4n) is 1.35. The zero-order valence-corrected chi connectivity index (χ0v) is 10.2. The second kappa shape index (κ2) is 3.97.